The molecule has 0 amide bonds. The van der Waals surface area contributed by atoms with Crippen molar-refractivity contribution in [3.05, 3.63) is 59.7 Å². The lowest BCUT2D eigenvalue weighted by molar-refractivity contribution is 0.0679. The first-order valence-electron chi connectivity index (χ1n) is 8.48. The van der Waals surface area contributed by atoms with E-state index in [2.05, 4.69) is 29.2 Å². The first-order chi connectivity index (χ1) is 11.7. The van der Waals surface area contributed by atoms with Crippen LogP contribution in [-0.2, 0) is 17.8 Å². The van der Waals surface area contributed by atoms with Crippen molar-refractivity contribution in [2.24, 2.45) is 0 Å². The first-order valence-corrected chi connectivity index (χ1v) is 8.48. The van der Waals surface area contributed by atoms with E-state index in [9.17, 15) is 5.11 Å². The molecule has 3 rings (SSSR count). The molecule has 2 aromatic rings. The molecule has 0 saturated carbocycles. The van der Waals surface area contributed by atoms with Crippen LogP contribution in [0.25, 0.3) is 0 Å². The Morgan fingerprint density at radius 3 is 2.58 bits per heavy atom. The molecule has 1 saturated heterocycles. The molecular formula is C20H25NO3. The van der Waals surface area contributed by atoms with Gasteiger partial charge in [-0.15, -0.1) is 0 Å². The van der Waals surface area contributed by atoms with Crippen LogP contribution in [0.5, 0.6) is 11.5 Å². The summed E-state index contributed by atoms with van der Waals surface area (Å²) in [5.41, 5.74) is 2.36. The van der Waals surface area contributed by atoms with E-state index < -0.39 is 0 Å². The van der Waals surface area contributed by atoms with E-state index in [0.29, 0.717) is 11.9 Å². The highest BCUT2D eigenvalue weighted by atomic mass is 16.5. The Bertz CT molecular complexity index is 639. The van der Waals surface area contributed by atoms with Gasteiger partial charge in [0.2, 0.25) is 0 Å². The summed E-state index contributed by atoms with van der Waals surface area (Å²) in [5.74, 6) is 0.694. The zero-order valence-electron chi connectivity index (χ0n) is 14.1. The van der Waals surface area contributed by atoms with Gasteiger partial charge in [-0.05, 0) is 36.1 Å². The summed E-state index contributed by atoms with van der Waals surface area (Å²) in [7, 11) is 1.56. The Kier molecular flexibility index (Phi) is 5.72. The molecule has 4 heteroatoms. The lowest BCUT2D eigenvalue weighted by atomic mass is 10.1. The summed E-state index contributed by atoms with van der Waals surface area (Å²) in [6.07, 6.45) is 2.58. The van der Waals surface area contributed by atoms with Crippen LogP contribution < -0.4 is 4.74 Å². The maximum Gasteiger partial charge on any atom is 0.160 e. The number of hydrogen-bond donors (Lipinski definition) is 1. The minimum absolute atomic E-state index is 0.187. The summed E-state index contributed by atoms with van der Waals surface area (Å²) < 4.78 is 10.9. The number of aromatic hydroxyl groups is 1. The molecule has 1 unspecified atom stereocenters. The van der Waals surface area contributed by atoms with Gasteiger partial charge < -0.3 is 14.6 Å². The monoisotopic (exact) mass is 327 g/mol. The fourth-order valence-electron chi connectivity index (χ4n) is 3.20. The van der Waals surface area contributed by atoms with Gasteiger partial charge in [0.1, 0.15) is 0 Å². The predicted molar refractivity (Wildman–Crippen MR) is 94.2 cm³/mol. The van der Waals surface area contributed by atoms with Gasteiger partial charge in [-0.3, -0.25) is 4.90 Å². The van der Waals surface area contributed by atoms with E-state index in [0.717, 1.165) is 44.6 Å². The fourth-order valence-corrected chi connectivity index (χ4v) is 3.20. The van der Waals surface area contributed by atoms with Gasteiger partial charge in [0, 0.05) is 26.2 Å². The van der Waals surface area contributed by atoms with E-state index >= 15 is 0 Å². The van der Waals surface area contributed by atoms with Crippen molar-refractivity contribution in [2.75, 3.05) is 20.3 Å². The molecule has 0 radical (unpaired) electrons. The maximum atomic E-state index is 10.0. The lowest BCUT2D eigenvalue weighted by Gasteiger charge is -2.25. The average molecular weight is 327 g/mol. The van der Waals surface area contributed by atoms with Gasteiger partial charge in [0.15, 0.2) is 11.5 Å². The number of nitrogens with zero attached hydrogens (tertiary/aromatic N) is 1. The highest BCUT2D eigenvalue weighted by Gasteiger charge is 2.20. The fraction of sp³-hybridized carbons (Fsp3) is 0.400. The number of benzene rings is 2. The molecule has 4 nitrogen and oxygen atoms in total. The summed E-state index contributed by atoms with van der Waals surface area (Å²) in [4.78, 5) is 2.38. The molecule has 0 bridgehead atoms. The number of methoxy groups -OCH3 is 1. The zero-order chi connectivity index (χ0) is 16.8. The van der Waals surface area contributed by atoms with E-state index in [1.54, 1.807) is 13.2 Å². The molecule has 0 aliphatic carbocycles. The van der Waals surface area contributed by atoms with Crippen molar-refractivity contribution in [2.45, 2.75) is 32.0 Å². The lowest BCUT2D eigenvalue weighted by Crippen LogP contribution is -2.31. The van der Waals surface area contributed by atoms with Crippen LogP contribution in [0.2, 0.25) is 0 Å². The standard InChI is InChI=1S/C20H25NO3/c1-23-20-10-9-17(12-19(20)22)14-21(15-18-8-5-11-24-18)13-16-6-3-2-4-7-16/h2-4,6-7,9-10,12,18,22H,5,8,11,13-15H2,1H3. The Morgan fingerprint density at radius 2 is 1.92 bits per heavy atom. The van der Waals surface area contributed by atoms with E-state index in [1.165, 1.54) is 5.56 Å². The van der Waals surface area contributed by atoms with Crippen LogP contribution in [0, 0.1) is 0 Å². The van der Waals surface area contributed by atoms with Crippen molar-refractivity contribution >= 4 is 0 Å². The van der Waals surface area contributed by atoms with Gasteiger partial charge in [0.25, 0.3) is 0 Å². The number of ether oxygens (including phenoxy) is 2. The molecular weight excluding hydrogens is 302 g/mol. The largest absolute Gasteiger partial charge is 0.504 e. The Balaban J connectivity index is 1.71. The molecule has 24 heavy (non-hydrogen) atoms. The molecule has 1 fully saturated rings. The third-order valence-electron chi connectivity index (χ3n) is 4.38. The summed E-state index contributed by atoms with van der Waals surface area (Å²) in [6, 6.07) is 16.1. The van der Waals surface area contributed by atoms with Crippen molar-refractivity contribution in [1.82, 2.24) is 4.90 Å². The van der Waals surface area contributed by atoms with Crippen LogP contribution in [0.3, 0.4) is 0 Å². The number of rotatable bonds is 7. The van der Waals surface area contributed by atoms with Crippen LogP contribution in [-0.4, -0.2) is 36.4 Å². The number of hydrogen-bond acceptors (Lipinski definition) is 4. The molecule has 1 aliphatic rings. The second kappa shape index (κ2) is 8.18. The van der Waals surface area contributed by atoms with Crippen molar-refractivity contribution < 1.29 is 14.6 Å². The predicted octanol–water partition coefficient (Wildman–Crippen LogP) is 3.58. The van der Waals surface area contributed by atoms with Crippen molar-refractivity contribution in [3.8, 4) is 11.5 Å². The first kappa shape index (κ1) is 16.8. The molecule has 1 heterocycles. The normalized spacial score (nSPS) is 17.3. The third kappa shape index (κ3) is 4.49. The van der Waals surface area contributed by atoms with Crippen molar-refractivity contribution in [1.29, 1.82) is 0 Å². The third-order valence-corrected chi connectivity index (χ3v) is 4.38. The molecule has 0 aromatic heterocycles. The summed E-state index contributed by atoms with van der Waals surface area (Å²) in [6.45, 7) is 3.41. The Hall–Kier alpha value is -2.04. The van der Waals surface area contributed by atoms with Gasteiger partial charge in [0.05, 0.1) is 13.2 Å². The van der Waals surface area contributed by atoms with Crippen LogP contribution in [0.15, 0.2) is 48.5 Å². The second-order valence-corrected chi connectivity index (χ2v) is 6.30. The maximum absolute atomic E-state index is 10.0. The number of phenols is 1. The SMILES string of the molecule is COc1ccc(CN(Cc2ccccc2)CC2CCCO2)cc1O. The van der Waals surface area contributed by atoms with Crippen LogP contribution in [0.1, 0.15) is 24.0 Å². The molecule has 0 spiro atoms. The molecule has 2 aromatic carbocycles. The van der Waals surface area contributed by atoms with Crippen LogP contribution in [0.4, 0.5) is 0 Å². The van der Waals surface area contributed by atoms with E-state index in [1.807, 2.05) is 18.2 Å². The van der Waals surface area contributed by atoms with E-state index in [4.69, 9.17) is 9.47 Å². The summed E-state index contributed by atoms with van der Waals surface area (Å²) >= 11 is 0. The second-order valence-electron chi connectivity index (χ2n) is 6.30. The molecule has 1 aliphatic heterocycles. The van der Waals surface area contributed by atoms with Crippen LogP contribution >= 0.6 is 0 Å². The summed E-state index contributed by atoms with van der Waals surface area (Å²) in [5, 5.41) is 10.0. The number of phenolic OH excluding ortho intramolecular Hbond substituents is 1. The van der Waals surface area contributed by atoms with Gasteiger partial charge >= 0.3 is 0 Å². The highest BCUT2D eigenvalue weighted by Crippen LogP contribution is 2.27. The zero-order valence-corrected chi connectivity index (χ0v) is 14.1. The van der Waals surface area contributed by atoms with Gasteiger partial charge in [-0.1, -0.05) is 36.4 Å². The molecule has 1 atom stereocenters. The average Bonchev–Trinajstić information content (AvgIpc) is 3.09. The quantitative estimate of drug-likeness (QED) is 0.844. The minimum atomic E-state index is 0.187. The van der Waals surface area contributed by atoms with E-state index in [-0.39, 0.29) is 5.75 Å². The van der Waals surface area contributed by atoms with Crippen molar-refractivity contribution in [3.63, 3.8) is 0 Å². The Labute approximate surface area is 143 Å². The topological polar surface area (TPSA) is 41.9 Å². The van der Waals surface area contributed by atoms with Gasteiger partial charge in [-0.25, -0.2) is 0 Å². The highest BCUT2D eigenvalue weighted by molar-refractivity contribution is 5.41. The molecule has 1 N–H and O–H groups in total. The smallest absolute Gasteiger partial charge is 0.160 e. The molecule has 128 valence electrons. The minimum Gasteiger partial charge on any atom is -0.504 e. The Morgan fingerprint density at radius 1 is 1.12 bits per heavy atom. The van der Waals surface area contributed by atoms with Gasteiger partial charge in [-0.2, -0.15) is 0 Å².